The molecule has 0 spiro atoms. The number of aromatic carboxylic acids is 1. The number of carbonyl (C=O) groups is 1. The van der Waals surface area contributed by atoms with E-state index in [2.05, 4.69) is 4.98 Å². The van der Waals surface area contributed by atoms with Crippen molar-refractivity contribution in [1.29, 1.82) is 5.26 Å². The van der Waals surface area contributed by atoms with Gasteiger partial charge in [-0.1, -0.05) is 11.8 Å². The molecule has 94 valence electrons. The molecule has 1 aromatic heterocycles. The van der Waals surface area contributed by atoms with Crippen molar-refractivity contribution in [3.63, 3.8) is 0 Å². The second kappa shape index (κ2) is 5.50. The van der Waals surface area contributed by atoms with Crippen LogP contribution >= 0.6 is 11.8 Å². The molecule has 0 saturated carbocycles. The molecule has 1 heterocycles. The number of nitrogens with zero attached hydrogens (tertiary/aromatic N) is 2. The fourth-order valence-electron chi connectivity index (χ4n) is 1.37. The van der Waals surface area contributed by atoms with Gasteiger partial charge in [0.2, 0.25) is 0 Å². The number of carboxylic acids is 1. The van der Waals surface area contributed by atoms with Gasteiger partial charge < -0.3 is 5.11 Å². The average molecular weight is 274 g/mol. The number of aromatic nitrogens is 1. The van der Waals surface area contributed by atoms with Crippen LogP contribution in [-0.4, -0.2) is 16.1 Å². The number of carboxylic acid groups (broad SMARTS) is 1. The first-order valence-corrected chi connectivity index (χ1v) is 5.98. The fraction of sp³-hybridized carbons (Fsp3) is 0. The number of hydrogen-bond donors (Lipinski definition) is 1. The highest BCUT2D eigenvalue weighted by molar-refractivity contribution is 7.99. The topological polar surface area (TPSA) is 74.0 Å². The molecule has 6 heteroatoms. The van der Waals surface area contributed by atoms with Crippen LogP contribution in [-0.2, 0) is 0 Å². The lowest BCUT2D eigenvalue weighted by Gasteiger charge is -2.03. The minimum absolute atomic E-state index is 0.301. The van der Waals surface area contributed by atoms with Gasteiger partial charge in [-0.25, -0.2) is 14.2 Å². The smallest absolute Gasteiger partial charge is 0.338 e. The van der Waals surface area contributed by atoms with Crippen molar-refractivity contribution < 1.29 is 14.3 Å². The van der Waals surface area contributed by atoms with Gasteiger partial charge in [0.05, 0.1) is 5.56 Å². The van der Waals surface area contributed by atoms with E-state index in [-0.39, 0.29) is 5.56 Å². The molecular weight excluding hydrogens is 267 g/mol. The Bertz CT molecular complexity index is 665. The van der Waals surface area contributed by atoms with Crippen LogP contribution in [0.5, 0.6) is 0 Å². The van der Waals surface area contributed by atoms with Gasteiger partial charge in [-0.2, -0.15) is 5.26 Å². The molecule has 0 fully saturated rings. The first-order chi connectivity index (χ1) is 9.10. The Kier molecular flexibility index (Phi) is 3.78. The number of rotatable bonds is 3. The Morgan fingerprint density at radius 3 is 2.63 bits per heavy atom. The lowest BCUT2D eigenvalue weighted by Crippen LogP contribution is -2.00. The summed E-state index contributed by atoms with van der Waals surface area (Å²) in [6.45, 7) is 0. The van der Waals surface area contributed by atoms with Crippen molar-refractivity contribution in [2.75, 3.05) is 0 Å². The van der Waals surface area contributed by atoms with Crippen LogP contribution in [0, 0.1) is 17.1 Å². The number of halogens is 1. The molecule has 0 aliphatic heterocycles. The maximum absolute atomic E-state index is 13.2. The van der Waals surface area contributed by atoms with Crippen molar-refractivity contribution >= 4 is 17.7 Å². The second-order valence-corrected chi connectivity index (χ2v) is 4.69. The Hall–Kier alpha value is -2.39. The van der Waals surface area contributed by atoms with Crippen molar-refractivity contribution in [1.82, 2.24) is 4.98 Å². The molecule has 0 bridgehead atoms. The van der Waals surface area contributed by atoms with Crippen LogP contribution in [0.2, 0.25) is 0 Å². The summed E-state index contributed by atoms with van der Waals surface area (Å²) in [5, 5.41) is 17.4. The third kappa shape index (κ3) is 3.09. The predicted molar refractivity (Wildman–Crippen MR) is 66.4 cm³/mol. The van der Waals surface area contributed by atoms with Gasteiger partial charge in [-0.15, -0.1) is 0 Å². The van der Waals surface area contributed by atoms with Gasteiger partial charge in [0.25, 0.3) is 0 Å². The molecule has 0 atom stereocenters. The summed E-state index contributed by atoms with van der Waals surface area (Å²) in [5.74, 6) is -2.08. The van der Waals surface area contributed by atoms with E-state index in [0.29, 0.717) is 10.6 Å². The third-order valence-corrected chi connectivity index (χ3v) is 3.22. The minimum atomic E-state index is -1.31. The lowest BCUT2D eigenvalue weighted by molar-refractivity contribution is 0.0691. The summed E-state index contributed by atoms with van der Waals surface area (Å²) < 4.78 is 13.2. The summed E-state index contributed by atoms with van der Waals surface area (Å²) in [4.78, 5) is 16.0. The molecule has 0 saturated heterocycles. The van der Waals surface area contributed by atoms with Gasteiger partial charge in [0.15, 0.2) is 0 Å². The molecule has 2 rings (SSSR count). The molecule has 0 unspecified atom stereocenters. The fourth-order valence-corrected chi connectivity index (χ4v) is 2.20. The van der Waals surface area contributed by atoms with Crippen LogP contribution < -0.4 is 0 Å². The maximum atomic E-state index is 13.2. The van der Waals surface area contributed by atoms with E-state index in [1.807, 2.05) is 6.07 Å². The van der Waals surface area contributed by atoms with Crippen LogP contribution in [0.1, 0.15) is 16.1 Å². The quantitative estimate of drug-likeness (QED) is 0.931. The van der Waals surface area contributed by atoms with Crippen molar-refractivity contribution in [3.8, 4) is 6.07 Å². The highest BCUT2D eigenvalue weighted by atomic mass is 32.2. The van der Waals surface area contributed by atoms with Gasteiger partial charge in [-0.05, 0) is 30.3 Å². The predicted octanol–water partition coefficient (Wildman–Crippen LogP) is 2.94. The average Bonchev–Trinajstić information content (AvgIpc) is 2.41. The van der Waals surface area contributed by atoms with Crippen LogP contribution in [0.3, 0.4) is 0 Å². The molecular formula is C13H7FN2O2S. The van der Waals surface area contributed by atoms with Crippen molar-refractivity contribution in [3.05, 3.63) is 53.6 Å². The number of hydrogen-bond acceptors (Lipinski definition) is 4. The lowest BCUT2D eigenvalue weighted by atomic mass is 10.2. The maximum Gasteiger partial charge on any atom is 0.338 e. The summed E-state index contributed by atoms with van der Waals surface area (Å²) in [6, 6.07) is 9.02. The Labute approximate surface area is 112 Å². The van der Waals surface area contributed by atoms with E-state index in [0.717, 1.165) is 11.0 Å². The normalized spacial score (nSPS) is 9.89. The van der Waals surface area contributed by atoms with E-state index in [4.69, 9.17) is 10.4 Å². The molecule has 2 aromatic rings. The number of benzene rings is 1. The Morgan fingerprint density at radius 2 is 2.05 bits per heavy atom. The molecule has 0 aliphatic carbocycles. The van der Waals surface area contributed by atoms with Gasteiger partial charge >= 0.3 is 5.97 Å². The number of nitriles is 1. The van der Waals surface area contributed by atoms with Gasteiger partial charge in [-0.3, -0.25) is 0 Å². The molecule has 4 nitrogen and oxygen atoms in total. The molecule has 19 heavy (non-hydrogen) atoms. The zero-order valence-electron chi connectivity index (χ0n) is 9.50. The SMILES string of the molecule is N#Cc1ccc(Sc2ccc(F)c(C(=O)O)c2)cn1. The van der Waals surface area contributed by atoms with Crippen LogP contribution in [0.4, 0.5) is 4.39 Å². The Balaban J connectivity index is 2.25. The van der Waals surface area contributed by atoms with Gasteiger partial charge in [0.1, 0.15) is 17.6 Å². The monoisotopic (exact) mass is 274 g/mol. The summed E-state index contributed by atoms with van der Waals surface area (Å²) in [6.07, 6.45) is 1.51. The Morgan fingerprint density at radius 1 is 1.32 bits per heavy atom. The van der Waals surface area contributed by atoms with E-state index < -0.39 is 11.8 Å². The molecule has 1 N–H and O–H groups in total. The molecule has 0 amide bonds. The van der Waals surface area contributed by atoms with Crippen LogP contribution in [0.15, 0.2) is 46.3 Å². The first-order valence-electron chi connectivity index (χ1n) is 5.17. The number of pyridine rings is 1. The summed E-state index contributed by atoms with van der Waals surface area (Å²) in [5.41, 5.74) is -0.0683. The highest BCUT2D eigenvalue weighted by Crippen LogP contribution is 2.28. The molecule has 1 aromatic carbocycles. The highest BCUT2D eigenvalue weighted by Gasteiger charge is 2.11. The van der Waals surface area contributed by atoms with E-state index in [9.17, 15) is 9.18 Å². The van der Waals surface area contributed by atoms with Crippen LogP contribution in [0.25, 0.3) is 0 Å². The molecule has 0 radical (unpaired) electrons. The zero-order chi connectivity index (χ0) is 13.8. The minimum Gasteiger partial charge on any atom is -0.478 e. The van der Waals surface area contributed by atoms with Crippen molar-refractivity contribution in [2.24, 2.45) is 0 Å². The summed E-state index contributed by atoms with van der Waals surface area (Å²) in [7, 11) is 0. The standard InChI is InChI=1S/C13H7FN2O2S/c14-12-4-3-9(5-11(12)13(17)18)19-10-2-1-8(6-15)16-7-10/h1-5,7H,(H,17,18). The van der Waals surface area contributed by atoms with Crippen molar-refractivity contribution in [2.45, 2.75) is 9.79 Å². The molecule has 0 aliphatic rings. The van der Waals surface area contributed by atoms with E-state index in [1.165, 1.54) is 30.1 Å². The van der Waals surface area contributed by atoms with E-state index in [1.54, 1.807) is 12.1 Å². The zero-order valence-corrected chi connectivity index (χ0v) is 10.3. The second-order valence-electron chi connectivity index (χ2n) is 3.54. The largest absolute Gasteiger partial charge is 0.478 e. The van der Waals surface area contributed by atoms with Gasteiger partial charge in [0, 0.05) is 16.0 Å². The van der Waals surface area contributed by atoms with E-state index >= 15 is 0 Å². The first kappa shape index (κ1) is 13.1. The summed E-state index contributed by atoms with van der Waals surface area (Å²) >= 11 is 1.25. The third-order valence-electron chi connectivity index (χ3n) is 2.25.